The number of hydrogen-bond donors (Lipinski definition) is 0. The van der Waals surface area contributed by atoms with E-state index in [-0.39, 0.29) is 0 Å². The molecule has 612 valence electrons. The quantitative estimate of drug-likeness (QED) is 0.108. The van der Waals surface area contributed by atoms with Crippen molar-refractivity contribution < 1.29 is 0 Å². The Kier molecular flexibility index (Phi) is 19.7. The van der Waals surface area contributed by atoms with Gasteiger partial charge in [0, 0.05) is 65.6 Å². The van der Waals surface area contributed by atoms with Gasteiger partial charge in [0.05, 0.1) is 89.9 Å². The zero-order chi connectivity index (χ0) is 88.3. The minimum Gasteiger partial charge on any atom is -0.309 e. The molecular weight excluding hydrogens is 1600 g/mol. The topological polar surface area (TPSA) is 115 Å². The Hall–Kier alpha value is -18.4. The highest BCUT2D eigenvalue weighted by Gasteiger charge is 2.25. The fraction of sp³-hybridized carbons (Fsp3) is 0. The second-order valence-corrected chi connectivity index (χ2v) is 33.5. The number of nitriles is 4. The van der Waals surface area contributed by atoms with Crippen LogP contribution in [0.2, 0.25) is 0 Å². The van der Waals surface area contributed by atoms with E-state index < -0.39 is 0 Å². The summed E-state index contributed by atoms with van der Waals surface area (Å²) in [5.74, 6) is 0. The summed E-state index contributed by atoms with van der Waals surface area (Å²) >= 11 is 0. The monoisotopic (exact) mass is 1680 g/mol. The van der Waals surface area contributed by atoms with E-state index in [4.69, 9.17) is 0 Å². The average Bonchev–Trinajstić information content (AvgIpc) is 1.59. The third-order valence-corrected chi connectivity index (χ3v) is 26.0. The predicted octanol–water partition coefficient (Wildman–Crippen LogP) is 31.9. The molecule has 0 aliphatic carbocycles. The lowest BCUT2D eigenvalue weighted by Gasteiger charge is -2.14. The first kappa shape index (κ1) is 78.3. The van der Waals surface area contributed by atoms with Gasteiger partial charge in [-0.2, -0.15) is 21.0 Å². The van der Waals surface area contributed by atoms with Gasteiger partial charge in [-0.3, -0.25) is 0 Å². The molecule has 0 fully saturated rings. The van der Waals surface area contributed by atoms with E-state index in [1.165, 1.54) is 0 Å². The Labute approximate surface area is 762 Å². The van der Waals surface area contributed by atoms with Crippen LogP contribution < -0.4 is 0 Å². The summed E-state index contributed by atoms with van der Waals surface area (Å²) in [6, 6.07) is 171. The van der Waals surface area contributed by atoms with Crippen LogP contribution in [0, 0.1) is 45.3 Å². The number of nitrogens with zero attached hydrogens (tertiary/aromatic N) is 8. The molecule has 8 heteroatoms. The van der Waals surface area contributed by atoms with E-state index in [2.05, 4.69) is 419 Å². The van der Waals surface area contributed by atoms with Crippen molar-refractivity contribution in [3.05, 3.63) is 483 Å². The van der Waals surface area contributed by atoms with Gasteiger partial charge in [-0.1, -0.05) is 340 Å². The van der Waals surface area contributed by atoms with Gasteiger partial charge in [0.2, 0.25) is 0 Å². The minimum absolute atomic E-state index is 0.490. The fourth-order valence-corrected chi connectivity index (χ4v) is 19.6. The van der Waals surface area contributed by atoms with Crippen molar-refractivity contribution in [2.24, 2.45) is 0 Å². The van der Waals surface area contributed by atoms with Gasteiger partial charge in [-0.05, 0) is 221 Å². The zero-order valence-electron chi connectivity index (χ0n) is 71.5. The summed E-state index contributed by atoms with van der Waals surface area (Å²) in [5.41, 5.74) is 34.9. The molecule has 0 bridgehead atoms. The van der Waals surface area contributed by atoms with Crippen LogP contribution in [0.15, 0.2) is 461 Å². The molecule has 24 aromatic rings. The highest BCUT2D eigenvalue weighted by molar-refractivity contribution is 6.16. The highest BCUT2D eigenvalue weighted by atomic mass is 15.0. The molecule has 0 radical (unpaired) electrons. The van der Waals surface area contributed by atoms with E-state index in [0.717, 1.165) is 210 Å². The second kappa shape index (κ2) is 33.2. The maximum Gasteiger partial charge on any atom is 0.101 e. The van der Waals surface area contributed by atoms with Gasteiger partial charge in [0.1, 0.15) is 12.1 Å². The summed E-state index contributed by atoms with van der Waals surface area (Å²) in [7, 11) is 0. The lowest BCUT2D eigenvalue weighted by atomic mass is 9.95. The Balaban J connectivity index is 0.000000150. The molecule has 132 heavy (non-hydrogen) atoms. The van der Waals surface area contributed by atoms with E-state index >= 15 is 0 Å². The second-order valence-electron chi connectivity index (χ2n) is 33.5. The van der Waals surface area contributed by atoms with E-state index in [0.29, 0.717) is 33.4 Å². The third-order valence-electron chi connectivity index (χ3n) is 26.0. The van der Waals surface area contributed by atoms with Crippen LogP contribution in [-0.2, 0) is 0 Å². The Morgan fingerprint density at radius 3 is 0.583 bits per heavy atom. The molecule has 0 saturated heterocycles. The van der Waals surface area contributed by atoms with Crippen LogP contribution >= 0.6 is 0 Å². The van der Waals surface area contributed by atoms with Crippen molar-refractivity contribution in [2.75, 3.05) is 0 Å². The maximum atomic E-state index is 10.9. The molecule has 0 aliphatic heterocycles. The molecule has 24 rings (SSSR count). The molecule has 0 spiro atoms. The summed E-state index contributed by atoms with van der Waals surface area (Å²) in [6.07, 6.45) is 0. The Morgan fingerprint density at radius 1 is 0.136 bits per heavy atom. The first-order valence-corrected chi connectivity index (χ1v) is 44.2. The smallest absolute Gasteiger partial charge is 0.101 e. The van der Waals surface area contributed by atoms with Crippen molar-refractivity contribution in [1.82, 2.24) is 18.3 Å². The molecule has 0 atom stereocenters. The third kappa shape index (κ3) is 13.9. The molecule has 0 amide bonds. The molecule has 0 aliphatic rings. The first-order valence-electron chi connectivity index (χ1n) is 44.2. The van der Waals surface area contributed by atoms with Crippen molar-refractivity contribution in [1.29, 1.82) is 21.0 Å². The Bertz CT molecular complexity index is 8370. The van der Waals surface area contributed by atoms with E-state index in [1.54, 1.807) is 0 Å². The van der Waals surface area contributed by atoms with Crippen LogP contribution in [0.1, 0.15) is 22.3 Å². The van der Waals surface area contributed by atoms with E-state index in [1.807, 2.05) is 84.9 Å². The number of rotatable bonds is 14. The Morgan fingerprint density at radius 2 is 0.341 bits per heavy atom. The van der Waals surface area contributed by atoms with Crippen molar-refractivity contribution in [2.45, 2.75) is 0 Å². The minimum atomic E-state index is 0.490. The molecule has 0 unspecified atom stereocenters. The summed E-state index contributed by atoms with van der Waals surface area (Å²) in [4.78, 5) is 0. The van der Waals surface area contributed by atoms with Crippen LogP contribution in [0.5, 0.6) is 0 Å². The number of benzene rings is 20. The van der Waals surface area contributed by atoms with Gasteiger partial charge in [0.25, 0.3) is 0 Å². The van der Waals surface area contributed by atoms with Gasteiger partial charge in [-0.25, -0.2) is 0 Å². The molecule has 4 heterocycles. The van der Waals surface area contributed by atoms with Gasteiger partial charge in [0.15, 0.2) is 0 Å². The SMILES string of the molecule is N#Cc1cc(-c2ccc(-n3c4ccc(-c5ccccc5)cc4c4ccc(-c5ccccc5)cc43)c(C#N)c2)ccc1-n1c2ccc(-c3ccccc3)cc2c2ccc(-c3ccccc3)cc21.N#Cc1cc(-n2c3ccc(-c4ccccc4)cc3c3ccc(-c4ccccc4)cc32)ccc1-c1ccc(-n2c3ccc(-c4ccccc4)cc3c3ccc(-c4ccccc4)cc32)cc1C#N. The number of fused-ring (bicyclic) bond motifs is 12. The molecule has 20 aromatic carbocycles. The number of hydrogen-bond acceptors (Lipinski definition) is 4. The summed E-state index contributed by atoms with van der Waals surface area (Å²) < 4.78 is 8.99. The maximum absolute atomic E-state index is 10.9. The molecule has 4 aromatic heterocycles. The van der Waals surface area contributed by atoms with Crippen molar-refractivity contribution in [3.63, 3.8) is 0 Å². The highest BCUT2D eigenvalue weighted by Crippen LogP contribution is 2.46. The number of aromatic nitrogens is 4. The van der Waals surface area contributed by atoms with Gasteiger partial charge in [-0.15, -0.1) is 0 Å². The van der Waals surface area contributed by atoms with Gasteiger partial charge < -0.3 is 18.3 Å². The van der Waals surface area contributed by atoms with E-state index in [9.17, 15) is 21.0 Å². The first-order chi connectivity index (χ1) is 65.3. The van der Waals surface area contributed by atoms with Gasteiger partial charge >= 0.3 is 0 Å². The predicted molar refractivity (Wildman–Crippen MR) is 543 cm³/mol. The van der Waals surface area contributed by atoms with Crippen LogP contribution in [0.3, 0.4) is 0 Å². The van der Waals surface area contributed by atoms with Crippen LogP contribution in [-0.4, -0.2) is 18.3 Å². The lowest BCUT2D eigenvalue weighted by molar-refractivity contribution is 1.16. The molecule has 8 nitrogen and oxygen atoms in total. The standard InChI is InChI=1S/2C62H38N4/c63-39-49-33-51(65-59-31-23-45(41-13-5-1-6-14-41)35-57(59)55-27-21-47(37-61(55)65)43-17-9-3-10-18-43)25-29-53(49)54-30-26-52(34-50(54)40-64)66-60-32-24-46(42-15-7-2-8-16-42)36-58(60)56-28-22-48(38-62(56)66)44-19-11-4-12-20-44;63-39-51-33-45(23-29-57(51)65-59-31-25-47(41-13-5-1-6-14-41)35-55(59)53-27-21-49(37-61(53)65)43-17-9-3-10-18-43)46-24-30-58(52(34-46)40-64)66-60-32-26-48(42-15-7-2-8-16-42)36-56(60)54-28-22-50(38-62(54)66)44-19-11-4-12-20-44/h2*1-38H. The largest absolute Gasteiger partial charge is 0.309 e. The summed E-state index contributed by atoms with van der Waals surface area (Å²) in [5, 5.41) is 52.5. The fourth-order valence-electron chi connectivity index (χ4n) is 19.6. The summed E-state index contributed by atoms with van der Waals surface area (Å²) in [6.45, 7) is 0. The normalized spacial score (nSPS) is 11.3. The average molecular weight is 1680 g/mol. The zero-order valence-corrected chi connectivity index (χ0v) is 71.5. The van der Waals surface area contributed by atoms with Crippen molar-refractivity contribution >= 4 is 87.2 Å². The van der Waals surface area contributed by atoms with Crippen LogP contribution in [0.25, 0.3) is 221 Å². The van der Waals surface area contributed by atoms with Crippen LogP contribution in [0.4, 0.5) is 0 Å². The molecule has 0 N–H and O–H groups in total. The molecule has 0 saturated carbocycles. The lowest BCUT2D eigenvalue weighted by Crippen LogP contribution is -2.00. The van der Waals surface area contributed by atoms with Crippen molar-refractivity contribution in [3.8, 4) is 158 Å². The molecular formula is C124H76N8.